The predicted octanol–water partition coefficient (Wildman–Crippen LogP) is 15.6. The lowest BCUT2D eigenvalue weighted by atomic mass is 9.84. The Bertz CT molecular complexity index is 3390. The molecule has 0 aliphatic rings. The van der Waals surface area contributed by atoms with Crippen molar-refractivity contribution in [1.29, 1.82) is 0 Å². The molecule has 0 spiro atoms. The van der Waals surface area contributed by atoms with E-state index in [1.165, 1.54) is 101 Å². The van der Waals surface area contributed by atoms with Gasteiger partial charge in [-0.15, -0.1) is 22.7 Å². The molecule has 1 nitrogen and oxygen atoms in total. The summed E-state index contributed by atoms with van der Waals surface area (Å²) in [6, 6.07) is 62.3. The number of para-hydroxylation sites is 1. The highest BCUT2D eigenvalue weighted by molar-refractivity contribution is 7.32. The lowest BCUT2D eigenvalue weighted by Gasteiger charge is -2.19. The van der Waals surface area contributed by atoms with Gasteiger partial charge in [-0.2, -0.15) is 0 Å². The van der Waals surface area contributed by atoms with E-state index in [4.69, 9.17) is 4.42 Å². The molecule has 0 saturated carbocycles. The molecule has 0 unspecified atom stereocenters. The molecule has 0 bridgehead atoms. The summed E-state index contributed by atoms with van der Waals surface area (Å²) >= 11 is 3.86. The second-order valence-corrected chi connectivity index (χ2v) is 16.0. The highest BCUT2D eigenvalue weighted by Gasteiger charge is 2.24. The Labute approximate surface area is 312 Å². The van der Waals surface area contributed by atoms with Crippen LogP contribution in [0.1, 0.15) is 0 Å². The summed E-state index contributed by atoms with van der Waals surface area (Å²) in [6.07, 6.45) is 0. The van der Waals surface area contributed by atoms with Gasteiger partial charge in [0, 0.05) is 42.1 Å². The van der Waals surface area contributed by atoms with Crippen molar-refractivity contribution in [3.63, 3.8) is 0 Å². The van der Waals surface area contributed by atoms with Gasteiger partial charge in [0.05, 0.1) is 9.40 Å². The summed E-state index contributed by atoms with van der Waals surface area (Å²) in [5, 5.41) is 13.8. The number of furan rings is 1. The molecule has 0 aliphatic heterocycles. The minimum atomic E-state index is 0.922. The minimum Gasteiger partial charge on any atom is -0.456 e. The molecule has 0 saturated heterocycles. The Morgan fingerprint density at radius 3 is 1.72 bits per heavy atom. The number of hydrogen-bond donors (Lipinski definition) is 0. The van der Waals surface area contributed by atoms with Gasteiger partial charge in [0.1, 0.15) is 11.2 Å². The van der Waals surface area contributed by atoms with E-state index in [9.17, 15) is 0 Å². The normalized spacial score (nSPS) is 12.2. The highest BCUT2D eigenvalue weighted by atomic mass is 32.1. The summed E-state index contributed by atoms with van der Waals surface area (Å²) in [5.41, 5.74) is 8.19. The van der Waals surface area contributed by atoms with Crippen LogP contribution in [0.3, 0.4) is 0 Å². The number of benzene rings is 9. The quantitative estimate of drug-likeness (QED) is 0.167. The molecule has 0 N–H and O–H groups in total. The second kappa shape index (κ2) is 11.1. The summed E-state index contributed by atoms with van der Waals surface area (Å²) < 4.78 is 10.4. The third-order valence-electron chi connectivity index (χ3n) is 11.1. The van der Waals surface area contributed by atoms with Crippen LogP contribution in [-0.4, -0.2) is 0 Å². The number of rotatable bonds is 3. The molecule has 0 aliphatic carbocycles. The van der Waals surface area contributed by atoms with Crippen LogP contribution in [0.25, 0.3) is 117 Å². The molecule has 53 heavy (non-hydrogen) atoms. The lowest BCUT2D eigenvalue weighted by Crippen LogP contribution is -1.91. The molecular formula is C50H28OS2. The first-order valence-electron chi connectivity index (χ1n) is 18.0. The van der Waals surface area contributed by atoms with Crippen LogP contribution >= 0.6 is 22.7 Å². The lowest BCUT2D eigenvalue weighted by molar-refractivity contribution is 0.669. The van der Waals surface area contributed by atoms with Gasteiger partial charge in [0.25, 0.3) is 0 Å². The maximum atomic E-state index is 6.33. The van der Waals surface area contributed by atoms with E-state index >= 15 is 0 Å². The van der Waals surface area contributed by atoms with Gasteiger partial charge in [-0.1, -0.05) is 146 Å². The fourth-order valence-electron chi connectivity index (χ4n) is 8.79. The molecule has 0 amide bonds. The van der Waals surface area contributed by atoms with E-state index in [-0.39, 0.29) is 0 Å². The van der Waals surface area contributed by atoms with Crippen molar-refractivity contribution in [3.8, 4) is 32.7 Å². The largest absolute Gasteiger partial charge is 0.456 e. The summed E-state index contributed by atoms with van der Waals surface area (Å²) in [6.45, 7) is 0. The molecule has 0 fully saturated rings. The van der Waals surface area contributed by atoms with E-state index in [2.05, 4.69) is 164 Å². The summed E-state index contributed by atoms with van der Waals surface area (Å²) in [5.74, 6) is 0. The van der Waals surface area contributed by atoms with Crippen molar-refractivity contribution >= 4 is 107 Å². The van der Waals surface area contributed by atoms with Crippen molar-refractivity contribution in [2.45, 2.75) is 0 Å². The summed E-state index contributed by atoms with van der Waals surface area (Å²) in [7, 11) is 0. The van der Waals surface area contributed by atoms with Crippen molar-refractivity contribution in [2.75, 3.05) is 0 Å². The van der Waals surface area contributed by atoms with Crippen LogP contribution in [-0.2, 0) is 0 Å². The zero-order chi connectivity index (χ0) is 34.6. The molecule has 0 radical (unpaired) electrons. The first-order valence-corrected chi connectivity index (χ1v) is 19.6. The van der Waals surface area contributed by atoms with Crippen molar-refractivity contribution in [1.82, 2.24) is 0 Å². The fourth-order valence-corrected chi connectivity index (χ4v) is 11.4. The molecule has 12 aromatic rings. The third kappa shape index (κ3) is 4.18. The SMILES string of the molecule is c1ccc(-c2sc3c(ccc4c5ccccc5sc43)c2-c2c3ccccc3c(-c3ccc4ccc5oc6ccccc6c5c4c3)c3ccccc23)cc1. The predicted molar refractivity (Wildman–Crippen MR) is 231 cm³/mol. The van der Waals surface area contributed by atoms with Crippen LogP contribution in [0.4, 0.5) is 0 Å². The van der Waals surface area contributed by atoms with E-state index < -0.39 is 0 Å². The Morgan fingerprint density at radius 2 is 0.943 bits per heavy atom. The van der Waals surface area contributed by atoms with Crippen LogP contribution in [0, 0.1) is 0 Å². The van der Waals surface area contributed by atoms with Crippen molar-refractivity contribution < 1.29 is 4.42 Å². The smallest absolute Gasteiger partial charge is 0.136 e. The van der Waals surface area contributed by atoms with Gasteiger partial charge < -0.3 is 4.42 Å². The minimum absolute atomic E-state index is 0.922. The van der Waals surface area contributed by atoms with Gasteiger partial charge in [-0.25, -0.2) is 0 Å². The Hall–Kier alpha value is -6.26. The molecule has 3 aromatic heterocycles. The molecule has 3 heterocycles. The van der Waals surface area contributed by atoms with Crippen molar-refractivity contribution in [2.24, 2.45) is 0 Å². The Balaban J connectivity index is 1.21. The van der Waals surface area contributed by atoms with Crippen LogP contribution in [0.15, 0.2) is 174 Å². The van der Waals surface area contributed by atoms with Crippen LogP contribution in [0.2, 0.25) is 0 Å². The van der Waals surface area contributed by atoms with E-state index in [1.54, 1.807) is 0 Å². The number of hydrogen-bond acceptors (Lipinski definition) is 3. The average Bonchev–Trinajstić information content (AvgIpc) is 3.92. The fraction of sp³-hybridized carbons (Fsp3) is 0. The first-order chi connectivity index (χ1) is 26.3. The van der Waals surface area contributed by atoms with E-state index in [1.807, 2.05) is 28.7 Å². The number of thiophene rings is 2. The van der Waals surface area contributed by atoms with Gasteiger partial charge in [-0.05, 0) is 78.8 Å². The van der Waals surface area contributed by atoms with E-state index in [0.717, 1.165) is 16.6 Å². The molecule has 12 rings (SSSR count). The third-order valence-corrected chi connectivity index (χ3v) is 13.7. The van der Waals surface area contributed by atoms with Gasteiger partial charge in [-0.3, -0.25) is 0 Å². The zero-order valence-corrected chi connectivity index (χ0v) is 30.0. The second-order valence-electron chi connectivity index (χ2n) is 13.9. The zero-order valence-electron chi connectivity index (χ0n) is 28.4. The van der Waals surface area contributed by atoms with Crippen molar-refractivity contribution in [3.05, 3.63) is 170 Å². The Kier molecular flexibility index (Phi) is 6.15. The number of fused-ring (bicyclic) bond motifs is 12. The first kappa shape index (κ1) is 29.3. The van der Waals surface area contributed by atoms with Gasteiger partial charge >= 0.3 is 0 Å². The topological polar surface area (TPSA) is 13.1 Å². The standard InChI is InChI=1S/C50H28OS2/c1-2-12-30(13-3-1)48-47(39-26-25-37-32-14-9-11-21-43(32)52-49(37)50(39)53-48)46-35-17-6-4-15-33(35)44(34-16-5-7-18-36(34)46)31-23-22-29-24-27-42-45(40(29)28-31)38-19-8-10-20-41(38)51-42/h1-28H. The molecule has 9 aromatic carbocycles. The monoisotopic (exact) mass is 708 g/mol. The highest BCUT2D eigenvalue weighted by Crippen LogP contribution is 2.54. The molecule has 0 atom stereocenters. The van der Waals surface area contributed by atoms with Gasteiger partial charge in [0.15, 0.2) is 0 Å². The Morgan fingerprint density at radius 1 is 0.340 bits per heavy atom. The maximum Gasteiger partial charge on any atom is 0.136 e. The average molecular weight is 709 g/mol. The molecular weight excluding hydrogens is 681 g/mol. The van der Waals surface area contributed by atoms with E-state index in [0.29, 0.717) is 0 Å². The molecule has 3 heteroatoms. The van der Waals surface area contributed by atoms with Crippen LogP contribution < -0.4 is 0 Å². The summed E-state index contributed by atoms with van der Waals surface area (Å²) in [4.78, 5) is 1.31. The van der Waals surface area contributed by atoms with Gasteiger partial charge in [0.2, 0.25) is 0 Å². The van der Waals surface area contributed by atoms with Crippen LogP contribution in [0.5, 0.6) is 0 Å². The molecule has 246 valence electrons. The maximum absolute atomic E-state index is 6.33.